The summed E-state index contributed by atoms with van der Waals surface area (Å²) in [5, 5.41) is 28.6. The summed E-state index contributed by atoms with van der Waals surface area (Å²) >= 11 is 3.04. The van der Waals surface area contributed by atoms with Crippen LogP contribution in [0.1, 0.15) is 17.5 Å². The van der Waals surface area contributed by atoms with E-state index in [2.05, 4.69) is 26.3 Å². The highest BCUT2D eigenvalue weighted by Crippen LogP contribution is 2.32. The van der Waals surface area contributed by atoms with Gasteiger partial charge in [0, 0.05) is 18.6 Å². The Hall–Kier alpha value is -3.80. The maximum absolute atomic E-state index is 12.4. The summed E-state index contributed by atoms with van der Waals surface area (Å²) in [4.78, 5) is 33.3. The third-order valence-electron chi connectivity index (χ3n) is 4.40. The number of rotatable bonds is 8. The van der Waals surface area contributed by atoms with Gasteiger partial charge in [-0.05, 0) is 51.9 Å². The van der Waals surface area contributed by atoms with Gasteiger partial charge in [-0.2, -0.15) is 4.68 Å². The molecule has 0 fully saturated rings. The lowest BCUT2D eigenvalue weighted by molar-refractivity contribution is -0.390. The molecule has 12 heteroatoms. The van der Waals surface area contributed by atoms with E-state index in [0.717, 1.165) is 11.1 Å². The summed E-state index contributed by atoms with van der Waals surface area (Å²) in [6.07, 6.45) is 1.34. The number of non-ortho nitro benzene ring substituents is 1. The molecule has 0 radical (unpaired) electrons. The first-order chi connectivity index (χ1) is 15.1. The second kappa shape index (κ2) is 9.56. The number of halogens is 1. The van der Waals surface area contributed by atoms with Gasteiger partial charge in [0.05, 0.1) is 34.5 Å². The number of aryl methyl sites for hydroxylation is 3. The number of hydrogen-bond acceptors (Lipinski definition) is 7. The molecule has 0 aliphatic carbocycles. The maximum Gasteiger partial charge on any atom is 0.404 e. The first kappa shape index (κ1) is 22.9. The number of aromatic nitrogens is 2. The van der Waals surface area contributed by atoms with Crippen molar-refractivity contribution in [2.24, 2.45) is 0 Å². The number of nitrogens with zero attached hydrogens (tertiary/aromatic N) is 4. The third kappa shape index (κ3) is 5.66. The molecular weight excluding hydrogens is 486 g/mol. The fourth-order valence-corrected chi connectivity index (χ4v) is 3.29. The lowest BCUT2D eigenvalue weighted by atomic mass is 10.1. The Morgan fingerprint density at radius 3 is 2.56 bits per heavy atom. The number of nitro benzene ring substituents is 1. The molecule has 0 spiro atoms. The minimum absolute atomic E-state index is 0.0544. The number of nitro groups is 2. The Balaban J connectivity index is 1.74. The number of ether oxygens (including phenoxy) is 1. The highest BCUT2D eigenvalue weighted by molar-refractivity contribution is 9.10. The van der Waals surface area contributed by atoms with Crippen molar-refractivity contribution in [2.75, 3.05) is 5.32 Å². The summed E-state index contributed by atoms with van der Waals surface area (Å²) in [5.41, 5.74) is 1.77. The molecule has 1 amide bonds. The molecule has 0 aliphatic heterocycles. The van der Waals surface area contributed by atoms with Gasteiger partial charge in [-0.25, -0.2) is 0 Å². The lowest BCUT2D eigenvalue weighted by Gasteiger charge is -2.11. The molecule has 3 aromatic rings. The molecule has 166 valence electrons. The van der Waals surface area contributed by atoms with Crippen LogP contribution in [0.4, 0.5) is 17.2 Å². The first-order valence-corrected chi connectivity index (χ1v) is 10.1. The molecule has 0 saturated carbocycles. The number of carbonyl (C=O) groups is 1. The average Bonchev–Trinajstić information content (AvgIpc) is 3.10. The zero-order chi connectivity index (χ0) is 23.4. The van der Waals surface area contributed by atoms with Gasteiger partial charge in [0.1, 0.15) is 16.0 Å². The molecule has 0 bridgehead atoms. The van der Waals surface area contributed by atoms with Crippen LogP contribution < -0.4 is 10.1 Å². The van der Waals surface area contributed by atoms with Crippen molar-refractivity contribution >= 4 is 39.0 Å². The first-order valence-electron chi connectivity index (χ1n) is 9.34. The van der Waals surface area contributed by atoms with Crippen LogP contribution >= 0.6 is 15.9 Å². The number of hydrogen-bond donors (Lipinski definition) is 1. The third-order valence-corrected chi connectivity index (χ3v) is 4.96. The molecule has 1 N–H and O–H groups in total. The minimum Gasteiger partial charge on any atom is -0.457 e. The van der Waals surface area contributed by atoms with E-state index in [9.17, 15) is 25.0 Å². The number of nitrogens with one attached hydrogen (secondary N) is 1. The second-order valence-corrected chi connectivity index (χ2v) is 7.82. The predicted molar refractivity (Wildman–Crippen MR) is 119 cm³/mol. The predicted octanol–water partition coefficient (Wildman–Crippen LogP) is 4.90. The average molecular weight is 504 g/mol. The fraction of sp³-hybridized carbons (Fsp3) is 0.200. The minimum atomic E-state index is -0.638. The fourth-order valence-electron chi connectivity index (χ4n) is 2.83. The molecule has 1 aromatic heterocycles. The molecule has 0 aliphatic rings. The van der Waals surface area contributed by atoms with Gasteiger partial charge >= 0.3 is 5.82 Å². The summed E-state index contributed by atoms with van der Waals surface area (Å²) in [5.74, 6) is -0.0433. The number of benzene rings is 2. The lowest BCUT2D eigenvalue weighted by Crippen LogP contribution is -2.15. The number of carbonyl (C=O) groups excluding carboxylic acids is 1. The van der Waals surface area contributed by atoms with E-state index in [1.54, 1.807) is 0 Å². The van der Waals surface area contributed by atoms with Crippen molar-refractivity contribution in [3.05, 3.63) is 78.4 Å². The van der Waals surface area contributed by atoms with Crippen LogP contribution in [0.5, 0.6) is 11.5 Å². The Labute approximate surface area is 190 Å². The molecule has 11 nitrogen and oxygen atoms in total. The highest BCUT2D eigenvalue weighted by atomic mass is 79.9. The van der Waals surface area contributed by atoms with Crippen LogP contribution in [0.25, 0.3) is 0 Å². The van der Waals surface area contributed by atoms with Crippen LogP contribution in [-0.4, -0.2) is 25.5 Å². The summed E-state index contributed by atoms with van der Waals surface area (Å²) < 4.78 is 7.30. The van der Waals surface area contributed by atoms with Crippen molar-refractivity contribution in [3.8, 4) is 11.5 Å². The van der Waals surface area contributed by atoms with E-state index in [1.165, 1.54) is 29.1 Å². The van der Waals surface area contributed by atoms with Crippen molar-refractivity contribution in [1.29, 1.82) is 0 Å². The van der Waals surface area contributed by atoms with Crippen molar-refractivity contribution < 1.29 is 19.4 Å². The van der Waals surface area contributed by atoms with Crippen LogP contribution in [0.2, 0.25) is 0 Å². The normalized spacial score (nSPS) is 10.6. The van der Waals surface area contributed by atoms with Gasteiger partial charge in [-0.1, -0.05) is 12.1 Å². The van der Waals surface area contributed by atoms with Crippen molar-refractivity contribution in [2.45, 2.75) is 26.8 Å². The number of amides is 1. The SMILES string of the molecule is Cc1ccc(C)c(Oc2cc(NC(=O)CCn3cc(Br)c([N+](=O)[O-])n3)cc([N+](=O)[O-])c2)c1. The molecule has 32 heavy (non-hydrogen) atoms. The van der Waals surface area contributed by atoms with Crippen molar-refractivity contribution in [1.82, 2.24) is 9.78 Å². The zero-order valence-electron chi connectivity index (χ0n) is 17.1. The zero-order valence-corrected chi connectivity index (χ0v) is 18.7. The summed E-state index contributed by atoms with van der Waals surface area (Å²) in [6.45, 7) is 3.84. The van der Waals surface area contributed by atoms with E-state index in [1.807, 2.05) is 32.0 Å². The standard InChI is InChI=1S/C20H18BrN5O6/c1-12-3-4-13(2)18(7-12)32-16-9-14(8-15(10-16)25(28)29)22-19(27)5-6-24-11-17(21)20(23-24)26(30)31/h3-4,7-11H,5-6H2,1-2H3,(H,22,27). The van der Waals surface area contributed by atoms with Gasteiger partial charge in [-0.15, -0.1) is 0 Å². The van der Waals surface area contributed by atoms with Crippen LogP contribution in [-0.2, 0) is 11.3 Å². The van der Waals surface area contributed by atoms with Gasteiger partial charge in [-0.3, -0.25) is 14.9 Å². The van der Waals surface area contributed by atoms with Crippen LogP contribution in [0.3, 0.4) is 0 Å². The van der Waals surface area contributed by atoms with Crippen LogP contribution in [0.15, 0.2) is 47.1 Å². The Morgan fingerprint density at radius 2 is 1.91 bits per heavy atom. The maximum atomic E-state index is 12.4. The molecule has 1 heterocycles. The van der Waals surface area contributed by atoms with E-state index in [0.29, 0.717) is 5.75 Å². The summed E-state index contributed by atoms with van der Waals surface area (Å²) in [6, 6.07) is 9.60. The molecule has 2 aromatic carbocycles. The molecule has 0 atom stereocenters. The van der Waals surface area contributed by atoms with Crippen molar-refractivity contribution in [3.63, 3.8) is 0 Å². The van der Waals surface area contributed by atoms with E-state index in [4.69, 9.17) is 4.74 Å². The Morgan fingerprint density at radius 1 is 1.16 bits per heavy atom. The Kier molecular flexibility index (Phi) is 6.83. The van der Waals surface area contributed by atoms with E-state index < -0.39 is 15.8 Å². The van der Waals surface area contributed by atoms with E-state index >= 15 is 0 Å². The van der Waals surface area contributed by atoms with Gasteiger partial charge in [0.25, 0.3) is 5.69 Å². The molecule has 0 saturated heterocycles. The van der Waals surface area contributed by atoms with Gasteiger partial charge < -0.3 is 20.2 Å². The molecule has 3 rings (SSSR count). The highest BCUT2D eigenvalue weighted by Gasteiger charge is 2.19. The van der Waals surface area contributed by atoms with Crippen LogP contribution in [0, 0.1) is 34.1 Å². The van der Waals surface area contributed by atoms with E-state index in [-0.39, 0.29) is 40.4 Å². The summed E-state index contributed by atoms with van der Waals surface area (Å²) in [7, 11) is 0. The second-order valence-electron chi connectivity index (χ2n) is 6.96. The van der Waals surface area contributed by atoms with Gasteiger partial charge in [0.15, 0.2) is 0 Å². The quantitative estimate of drug-likeness (QED) is 0.340. The Bertz CT molecular complexity index is 1210. The topological polar surface area (TPSA) is 142 Å². The molecular formula is C20H18BrN5O6. The van der Waals surface area contributed by atoms with Gasteiger partial charge in [0.2, 0.25) is 5.91 Å². The molecule has 0 unspecified atom stereocenters. The largest absolute Gasteiger partial charge is 0.457 e. The number of anilines is 1. The smallest absolute Gasteiger partial charge is 0.404 e. The monoisotopic (exact) mass is 503 g/mol.